The molecule has 2 aromatic carbocycles. The van der Waals surface area contributed by atoms with Crippen molar-refractivity contribution in [3.05, 3.63) is 64.7 Å². The number of fused-ring (bicyclic) bond motifs is 1. The molecule has 21 heavy (non-hydrogen) atoms. The Morgan fingerprint density at radius 3 is 2.71 bits per heavy atom. The van der Waals surface area contributed by atoms with Crippen molar-refractivity contribution < 1.29 is 18.3 Å². The van der Waals surface area contributed by atoms with Crippen LogP contribution < -0.4 is 0 Å². The fourth-order valence-electron chi connectivity index (χ4n) is 1.82. The van der Waals surface area contributed by atoms with Crippen LogP contribution in [0.15, 0.2) is 42.5 Å². The highest BCUT2D eigenvalue weighted by molar-refractivity contribution is 7.18. The highest BCUT2D eigenvalue weighted by atomic mass is 32.1. The van der Waals surface area contributed by atoms with E-state index in [1.807, 2.05) is 24.3 Å². The van der Waals surface area contributed by atoms with Crippen LogP contribution in [0.1, 0.15) is 15.4 Å². The van der Waals surface area contributed by atoms with E-state index in [2.05, 4.69) is 4.98 Å². The first kappa shape index (κ1) is 13.6. The Balaban J connectivity index is 1.71. The number of benzene rings is 2. The Hall–Kier alpha value is -2.34. The molecule has 0 aliphatic rings. The molecule has 0 amide bonds. The van der Waals surface area contributed by atoms with Crippen LogP contribution in [0.5, 0.6) is 0 Å². The van der Waals surface area contributed by atoms with Crippen LogP contribution in [0.2, 0.25) is 0 Å². The monoisotopic (exact) mass is 305 g/mol. The largest absolute Gasteiger partial charge is 0.455 e. The van der Waals surface area contributed by atoms with Crippen LogP contribution >= 0.6 is 11.3 Å². The van der Waals surface area contributed by atoms with Crippen LogP contribution in [-0.4, -0.2) is 11.0 Å². The maximum Gasteiger partial charge on any atom is 0.338 e. The molecule has 1 aromatic heterocycles. The number of ether oxygens (including phenoxy) is 1. The minimum Gasteiger partial charge on any atom is -0.455 e. The molecule has 3 nitrogen and oxygen atoms in total. The minimum atomic E-state index is -1.08. The van der Waals surface area contributed by atoms with E-state index in [9.17, 15) is 13.6 Å². The van der Waals surface area contributed by atoms with Gasteiger partial charge in [-0.05, 0) is 30.3 Å². The van der Waals surface area contributed by atoms with Gasteiger partial charge in [-0.1, -0.05) is 12.1 Å². The third-order valence-corrected chi connectivity index (χ3v) is 3.83. The zero-order valence-corrected chi connectivity index (χ0v) is 11.5. The van der Waals surface area contributed by atoms with Gasteiger partial charge in [0, 0.05) is 0 Å². The zero-order chi connectivity index (χ0) is 14.8. The number of nitrogens with zero attached hydrogens (tertiary/aromatic N) is 1. The van der Waals surface area contributed by atoms with Crippen LogP contribution in [0.25, 0.3) is 10.2 Å². The van der Waals surface area contributed by atoms with Crippen LogP contribution in [-0.2, 0) is 11.3 Å². The summed E-state index contributed by atoms with van der Waals surface area (Å²) in [6, 6.07) is 10.5. The highest BCUT2D eigenvalue weighted by Crippen LogP contribution is 2.22. The van der Waals surface area contributed by atoms with Gasteiger partial charge in [-0.3, -0.25) is 0 Å². The van der Waals surface area contributed by atoms with Gasteiger partial charge < -0.3 is 4.74 Å². The molecule has 0 saturated heterocycles. The number of carbonyl (C=O) groups is 1. The van der Waals surface area contributed by atoms with Gasteiger partial charge in [0.25, 0.3) is 0 Å². The molecule has 0 N–H and O–H groups in total. The lowest BCUT2D eigenvalue weighted by Gasteiger charge is -2.03. The van der Waals surface area contributed by atoms with Gasteiger partial charge in [-0.15, -0.1) is 11.3 Å². The van der Waals surface area contributed by atoms with Gasteiger partial charge in [0.05, 0.1) is 15.8 Å². The Labute approximate surface area is 122 Å². The van der Waals surface area contributed by atoms with Gasteiger partial charge in [-0.2, -0.15) is 0 Å². The molecule has 106 valence electrons. The zero-order valence-electron chi connectivity index (χ0n) is 10.7. The van der Waals surface area contributed by atoms with Crippen molar-refractivity contribution in [1.29, 1.82) is 0 Å². The van der Waals surface area contributed by atoms with E-state index in [0.29, 0.717) is 5.01 Å². The second kappa shape index (κ2) is 5.57. The van der Waals surface area contributed by atoms with Crippen molar-refractivity contribution in [3.63, 3.8) is 0 Å². The number of rotatable bonds is 3. The van der Waals surface area contributed by atoms with Crippen molar-refractivity contribution in [2.45, 2.75) is 6.61 Å². The Morgan fingerprint density at radius 2 is 1.95 bits per heavy atom. The molecule has 0 aliphatic carbocycles. The summed E-state index contributed by atoms with van der Waals surface area (Å²) in [6.45, 7) is -0.00280. The fourth-order valence-corrected chi connectivity index (χ4v) is 2.70. The molecule has 1 heterocycles. The number of para-hydroxylation sites is 1. The predicted octanol–water partition coefficient (Wildman–Crippen LogP) is 3.93. The van der Waals surface area contributed by atoms with Crippen molar-refractivity contribution in [3.8, 4) is 0 Å². The fraction of sp³-hybridized carbons (Fsp3) is 0.0667. The molecule has 3 rings (SSSR count). The number of esters is 1. The van der Waals surface area contributed by atoms with Crippen molar-refractivity contribution >= 4 is 27.5 Å². The van der Waals surface area contributed by atoms with Gasteiger partial charge in [0.15, 0.2) is 11.6 Å². The van der Waals surface area contributed by atoms with Gasteiger partial charge in [0.2, 0.25) is 0 Å². The molecule has 0 aliphatic heterocycles. The van der Waals surface area contributed by atoms with Crippen LogP contribution in [0, 0.1) is 11.6 Å². The van der Waals surface area contributed by atoms with Crippen molar-refractivity contribution in [2.75, 3.05) is 0 Å². The molecule has 0 bridgehead atoms. The summed E-state index contributed by atoms with van der Waals surface area (Å²) < 4.78 is 31.9. The standard InChI is InChI=1S/C15H9F2NO2S/c16-10-6-5-9(7-11(10)17)15(19)20-8-14-18-12-3-1-2-4-13(12)21-14/h1-7H,8H2. The normalized spacial score (nSPS) is 10.8. The summed E-state index contributed by atoms with van der Waals surface area (Å²) >= 11 is 1.42. The van der Waals surface area contributed by atoms with E-state index in [1.165, 1.54) is 17.4 Å². The Bertz CT molecular complexity index is 783. The number of carbonyl (C=O) groups excluding carboxylic acids is 1. The molecular formula is C15H9F2NO2S. The second-order valence-electron chi connectivity index (χ2n) is 4.28. The lowest BCUT2D eigenvalue weighted by molar-refractivity contribution is 0.0472. The second-order valence-corrected chi connectivity index (χ2v) is 5.40. The summed E-state index contributed by atoms with van der Waals surface area (Å²) in [5.74, 6) is -2.80. The van der Waals surface area contributed by atoms with Gasteiger partial charge >= 0.3 is 5.97 Å². The lowest BCUT2D eigenvalue weighted by atomic mass is 10.2. The average Bonchev–Trinajstić information content (AvgIpc) is 2.90. The molecule has 0 atom stereocenters. The first-order valence-electron chi connectivity index (χ1n) is 6.10. The van der Waals surface area contributed by atoms with E-state index in [1.54, 1.807) is 0 Å². The Kier molecular flexibility index (Phi) is 3.62. The summed E-state index contributed by atoms with van der Waals surface area (Å²) in [5, 5.41) is 0.645. The van der Waals surface area contributed by atoms with Crippen LogP contribution in [0.3, 0.4) is 0 Å². The molecule has 0 unspecified atom stereocenters. The first-order valence-corrected chi connectivity index (χ1v) is 6.92. The molecule has 0 spiro atoms. The molecular weight excluding hydrogens is 296 g/mol. The van der Waals surface area contributed by atoms with E-state index in [4.69, 9.17) is 4.74 Å². The molecule has 3 aromatic rings. The molecule has 0 saturated carbocycles. The minimum absolute atomic E-state index is 0.00280. The van der Waals surface area contributed by atoms with E-state index >= 15 is 0 Å². The summed E-state index contributed by atoms with van der Waals surface area (Å²) in [6.07, 6.45) is 0. The average molecular weight is 305 g/mol. The summed E-state index contributed by atoms with van der Waals surface area (Å²) in [4.78, 5) is 16.1. The molecule has 0 fully saturated rings. The number of halogens is 2. The van der Waals surface area contributed by atoms with Crippen molar-refractivity contribution in [1.82, 2.24) is 4.98 Å². The molecule has 0 radical (unpaired) electrons. The van der Waals surface area contributed by atoms with Crippen molar-refractivity contribution in [2.24, 2.45) is 0 Å². The van der Waals surface area contributed by atoms with Gasteiger partial charge in [0.1, 0.15) is 11.6 Å². The quantitative estimate of drug-likeness (QED) is 0.688. The van der Waals surface area contributed by atoms with E-state index < -0.39 is 17.6 Å². The highest BCUT2D eigenvalue weighted by Gasteiger charge is 2.12. The first-order chi connectivity index (χ1) is 10.1. The number of hydrogen-bond donors (Lipinski definition) is 0. The third kappa shape index (κ3) is 2.90. The van der Waals surface area contributed by atoms with E-state index in [-0.39, 0.29) is 12.2 Å². The van der Waals surface area contributed by atoms with Gasteiger partial charge in [-0.25, -0.2) is 18.6 Å². The smallest absolute Gasteiger partial charge is 0.338 e. The number of aromatic nitrogens is 1. The summed E-state index contributed by atoms with van der Waals surface area (Å²) in [5.41, 5.74) is 0.802. The third-order valence-electron chi connectivity index (χ3n) is 2.82. The number of hydrogen-bond acceptors (Lipinski definition) is 4. The Morgan fingerprint density at radius 1 is 1.14 bits per heavy atom. The lowest BCUT2D eigenvalue weighted by Crippen LogP contribution is -2.06. The SMILES string of the molecule is O=C(OCc1nc2ccccc2s1)c1ccc(F)c(F)c1. The number of thiazole rings is 1. The maximum atomic E-state index is 13.0. The molecule has 6 heteroatoms. The van der Waals surface area contributed by atoms with Crippen LogP contribution in [0.4, 0.5) is 8.78 Å². The maximum absolute atomic E-state index is 13.0. The topological polar surface area (TPSA) is 39.2 Å². The van der Waals surface area contributed by atoms with E-state index in [0.717, 1.165) is 22.3 Å². The predicted molar refractivity (Wildman–Crippen MR) is 75.1 cm³/mol. The summed E-state index contributed by atoms with van der Waals surface area (Å²) in [7, 11) is 0.